The van der Waals surface area contributed by atoms with Crippen molar-refractivity contribution in [1.29, 1.82) is 0 Å². The number of hydrogen-bond acceptors (Lipinski definition) is 6. The molecule has 6 nitrogen and oxygen atoms in total. The minimum atomic E-state index is -0.157. The van der Waals surface area contributed by atoms with Gasteiger partial charge in [-0.25, -0.2) is 0 Å². The minimum absolute atomic E-state index is 0.157. The van der Waals surface area contributed by atoms with Gasteiger partial charge in [-0.1, -0.05) is 24.2 Å². The first-order valence-corrected chi connectivity index (χ1v) is 10.9. The number of nitrogens with two attached hydrogens (primary N) is 1. The molecule has 0 aromatic carbocycles. The molecule has 28 heavy (non-hydrogen) atoms. The van der Waals surface area contributed by atoms with Crippen LogP contribution in [0.3, 0.4) is 0 Å². The Bertz CT molecular complexity index is 691. The summed E-state index contributed by atoms with van der Waals surface area (Å²) in [7, 11) is 1.64. The topological polar surface area (TPSA) is 86.3 Å². The third kappa shape index (κ3) is 2.99. The van der Waals surface area contributed by atoms with E-state index in [4.69, 9.17) is 15.4 Å². The second-order valence-electron chi connectivity index (χ2n) is 9.81. The molecule has 0 radical (unpaired) electrons. The van der Waals surface area contributed by atoms with Crippen molar-refractivity contribution in [1.82, 2.24) is 0 Å². The van der Waals surface area contributed by atoms with Gasteiger partial charge in [0.2, 0.25) is 0 Å². The van der Waals surface area contributed by atoms with E-state index in [2.05, 4.69) is 24.2 Å². The van der Waals surface area contributed by atoms with E-state index >= 15 is 0 Å². The fourth-order valence-electron chi connectivity index (χ4n) is 7.03. The predicted molar refractivity (Wildman–Crippen MR) is 109 cm³/mol. The molecule has 0 spiro atoms. The summed E-state index contributed by atoms with van der Waals surface area (Å²) in [5.74, 6) is 2.37. The molecule has 6 heteroatoms. The van der Waals surface area contributed by atoms with Crippen LogP contribution < -0.4 is 5.73 Å². The molecule has 0 saturated heterocycles. The zero-order valence-corrected chi connectivity index (χ0v) is 17.6. The van der Waals surface area contributed by atoms with E-state index in [1.54, 1.807) is 7.11 Å². The molecule has 0 aromatic heterocycles. The summed E-state index contributed by atoms with van der Waals surface area (Å²) < 4.78 is 0. The van der Waals surface area contributed by atoms with Crippen LogP contribution in [-0.4, -0.2) is 37.5 Å². The molecule has 4 aliphatic carbocycles. The van der Waals surface area contributed by atoms with Crippen molar-refractivity contribution in [3.05, 3.63) is 0 Å². The van der Waals surface area contributed by atoms with Gasteiger partial charge in [0.05, 0.1) is 11.4 Å². The number of fused-ring (bicyclic) bond motifs is 5. The number of oxime groups is 2. The van der Waals surface area contributed by atoms with E-state index in [1.807, 2.05) is 0 Å². The number of ketones is 1. The van der Waals surface area contributed by atoms with E-state index in [9.17, 15) is 4.79 Å². The summed E-state index contributed by atoms with van der Waals surface area (Å²) in [6, 6.07) is 0. The number of rotatable bonds is 4. The molecule has 6 atom stereocenters. The number of nitrogens with zero attached hydrogens (tertiary/aromatic N) is 2. The summed E-state index contributed by atoms with van der Waals surface area (Å²) in [5.41, 5.74) is 7.97. The normalized spacial score (nSPS) is 45.5. The third-order valence-corrected chi connectivity index (χ3v) is 8.65. The lowest BCUT2D eigenvalue weighted by molar-refractivity contribution is -0.131. The van der Waals surface area contributed by atoms with Gasteiger partial charge < -0.3 is 15.4 Å². The van der Waals surface area contributed by atoms with Crippen LogP contribution in [0.5, 0.6) is 0 Å². The van der Waals surface area contributed by atoms with Crippen LogP contribution in [0.2, 0.25) is 0 Å². The number of hydrogen-bond donors (Lipinski definition) is 1. The Hall–Kier alpha value is -1.43. The van der Waals surface area contributed by atoms with E-state index in [-0.39, 0.29) is 10.8 Å². The van der Waals surface area contributed by atoms with Gasteiger partial charge in [0.15, 0.2) is 0 Å². The van der Waals surface area contributed by atoms with Gasteiger partial charge in [0.25, 0.3) is 0 Å². The van der Waals surface area contributed by atoms with Crippen molar-refractivity contribution in [2.75, 3.05) is 20.3 Å². The molecule has 156 valence electrons. The van der Waals surface area contributed by atoms with Crippen molar-refractivity contribution in [3.8, 4) is 0 Å². The largest absolute Gasteiger partial charge is 0.399 e. The molecule has 4 saturated carbocycles. The van der Waals surface area contributed by atoms with Crippen molar-refractivity contribution in [3.63, 3.8) is 0 Å². The van der Waals surface area contributed by atoms with Gasteiger partial charge >= 0.3 is 0 Å². The van der Waals surface area contributed by atoms with Crippen LogP contribution in [0.1, 0.15) is 65.2 Å². The van der Waals surface area contributed by atoms with Crippen molar-refractivity contribution >= 4 is 17.2 Å². The van der Waals surface area contributed by atoms with Gasteiger partial charge in [-0.15, -0.1) is 0 Å². The second kappa shape index (κ2) is 7.43. The van der Waals surface area contributed by atoms with Crippen molar-refractivity contribution in [2.24, 2.45) is 50.5 Å². The van der Waals surface area contributed by atoms with Gasteiger partial charge in [-0.2, -0.15) is 0 Å². The maximum absolute atomic E-state index is 12.7. The van der Waals surface area contributed by atoms with Crippen molar-refractivity contribution in [2.45, 2.75) is 65.2 Å². The molecule has 0 aliphatic heterocycles. The Kier molecular flexibility index (Phi) is 5.27. The summed E-state index contributed by atoms with van der Waals surface area (Å²) >= 11 is 0. The first-order valence-electron chi connectivity index (χ1n) is 10.9. The summed E-state index contributed by atoms with van der Waals surface area (Å²) in [6.45, 7) is 5.66. The first-order chi connectivity index (χ1) is 13.4. The fourth-order valence-corrected chi connectivity index (χ4v) is 7.03. The first kappa shape index (κ1) is 19.9. The quantitative estimate of drug-likeness (QED) is 0.588. The van der Waals surface area contributed by atoms with Crippen LogP contribution in [0.25, 0.3) is 0 Å². The van der Waals surface area contributed by atoms with Crippen LogP contribution in [0, 0.1) is 34.5 Å². The Morgan fingerprint density at radius 3 is 2.68 bits per heavy atom. The van der Waals surface area contributed by atoms with E-state index in [1.165, 1.54) is 5.71 Å². The molecule has 4 rings (SSSR count). The predicted octanol–water partition coefficient (Wildman–Crippen LogP) is 3.54. The smallest absolute Gasteiger partial charge is 0.139 e. The molecule has 4 fully saturated rings. The number of Topliss-reactive ketones (excluding diaryl/α,β-unsaturated/α-hetero) is 1. The highest BCUT2D eigenvalue weighted by Crippen LogP contribution is 2.64. The summed E-state index contributed by atoms with van der Waals surface area (Å²) in [4.78, 5) is 23.4. The highest BCUT2D eigenvalue weighted by atomic mass is 16.6. The zero-order valence-electron chi connectivity index (χ0n) is 17.6. The average molecular weight is 390 g/mol. The fraction of sp³-hybridized carbons (Fsp3) is 0.864. The summed E-state index contributed by atoms with van der Waals surface area (Å²) in [6.07, 6.45) is 7.95. The zero-order chi connectivity index (χ0) is 19.9. The molecule has 0 heterocycles. The third-order valence-electron chi connectivity index (χ3n) is 8.65. The van der Waals surface area contributed by atoms with E-state index < -0.39 is 0 Å². The number of carbonyl (C=O) groups is 1. The highest BCUT2D eigenvalue weighted by Gasteiger charge is 2.62. The average Bonchev–Trinajstić information content (AvgIpc) is 2.98. The van der Waals surface area contributed by atoms with E-state index in [0.29, 0.717) is 42.6 Å². The van der Waals surface area contributed by atoms with Gasteiger partial charge in [-0.3, -0.25) is 4.79 Å². The monoisotopic (exact) mass is 389 g/mol. The Morgan fingerprint density at radius 2 is 1.93 bits per heavy atom. The SMILES string of the molecule is CO/N=C1\CC2C/C(=N\OCCN)CC[C@]2(C)[C@H]2CC[C@]3(C)C(=O)CC[C@H]3[C@H]12. The molecule has 0 aromatic rings. The maximum Gasteiger partial charge on any atom is 0.139 e. The van der Waals surface area contributed by atoms with E-state index in [0.717, 1.165) is 57.1 Å². The van der Waals surface area contributed by atoms with Crippen LogP contribution in [-0.2, 0) is 14.5 Å². The van der Waals surface area contributed by atoms with Crippen molar-refractivity contribution < 1.29 is 14.5 Å². The molecule has 0 bridgehead atoms. The lowest BCUT2D eigenvalue weighted by Crippen LogP contribution is -2.57. The Morgan fingerprint density at radius 1 is 1.11 bits per heavy atom. The molecule has 4 aliphatic rings. The molecule has 2 N–H and O–H groups in total. The standard InChI is InChI=1S/C22H35N3O3/c1-21-8-6-15(24-28-11-10-23)12-14(21)13-18(25-27-3)20-16-4-5-19(26)22(16,2)9-7-17(20)21/h14,16-17,20H,4-13,23H2,1-3H3/b24-15-,25-18+/t14?,16-,17-,20-,21-,22-/m0/s1. The van der Waals surface area contributed by atoms with Gasteiger partial charge in [-0.05, 0) is 68.1 Å². The Labute approximate surface area is 168 Å². The number of carbonyl (C=O) groups excluding carboxylic acids is 1. The lowest BCUT2D eigenvalue weighted by atomic mass is 9.45. The summed E-state index contributed by atoms with van der Waals surface area (Å²) in [5, 5.41) is 8.89. The minimum Gasteiger partial charge on any atom is -0.399 e. The molecular formula is C22H35N3O3. The van der Waals surface area contributed by atoms with Crippen LogP contribution in [0.4, 0.5) is 0 Å². The van der Waals surface area contributed by atoms with Crippen LogP contribution >= 0.6 is 0 Å². The molecule has 1 unspecified atom stereocenters. The molecule has 0 amide bonds. The van der Waals surface area contributed by atoms with Gasteiger partial charge in [0.1, 0.15) is 19.5 Å². The molecular weight excluding hydrogens is 354 g/mol. The second-order valence-corrected chi connectivity index (χ2v) is 9.81. The van der Waals surface area contributed by atoms with Crippen LogP contribution in [0.15, 0.2) is 10.3 Å². The maximum atomic E-state index is 12.7. The lowest BCUT2D eigenvalue weighted by Gasteiger charge is -2.59. The Balaban J connectivity index is 1.63. The highest BCUT2D eigenvalue weighted by molar-refractivity contribution is 5.94. The van der Waals surface area contributed by atoms with Gasteiger partial charge in [0, 0.05) is 24.3 Å².